The van der Waals surface area contributed by atoms with Crippen molar-refractivity contribution >= 4 is 16.0 Å². The molecule has 1 saturated carbocycles. The van der Waals surface area contributed by atoms with E-state index in [1.165, 1.54) is 6.92 Å². The Morgan fingerprint density at radius 1 is 1.27 bits per heavy atom. The van der Waals surface area contributed by atoms with Crippen LogP contribution in [0.2, 0.25) is 0 Å². The first-order valence-electron chi connectivity index (χ1n) is 5.02. The van der Waals surface area contributed by atoms with Gasteiger partial charge in [-0.25, -0.2) is 8.42 Å². The Hall–Kier alpha value is -0.620. The third-order valence-corrected chi connectivity index (χ3v) is 3.11. The lowest BCUT2D eigenvalue weighted by Crippen LogP contribution is -2.52. The monoisotopic (exact) mass is 235 g/mol. The standard InChI is InChI=1S/C9H17NO4S/c1-8(11)14-9(10-15(2,12)13)6-4-3-5-7-9/h10H,3-7H2,1-2H3. The Kier molecular flexibility index (Phi) is 3.72. The van der Waals surface area contributed by atoms with Crippen molar-refractivity contribution in [2.45, 2.75) is 44.8 Å². The van der Waals surface area contributed by atoms with Crippen LogP contribution in [0.4, 0.5) is 0 Å². The molecule has 0 saturated heterocycles. The number of hydrogen-bond donors (Lipinski definition) is 1. The first-order valence-corrected chi connectivity index (χ1v) is 6.91. The van der Waals surface area contributed by atoms with Crippen molar-refractivity contribution in [2.75, 3.05) is 6.26 Å². The van der Waals surface area contributed by atoms with Gasteiger partial charge in [0.15, 0.2) is 5.72 Å². The third-order valence-electron chi connectivity index (χ3n) is 2.37. The van der Waals surface area contributed by atoms with Crippen LogP contribution in [-0.4, -0.2) is 26.4 Å². The van der Waals surface area contributed by atoms with Crippen molar-refractivity contribution < 1.29 is 17.9 Å². The van der Waals surface area contributed by atoms with Crippen molar-refractivity contribution in [2.24, 2.45) is 0 Å². The van der Waals surface area contributed by atoms with E-state index in [1.807, 2.05) is 0 Å². The Labute approximate surface area is 90.2 Å². The molecule has 1 aliphatic carbocycles. The molecule has 0 aromatic carbocycles. The Balaban J connectivity index is 2.79. The lowest BCUT2D eigenvalue weighted by molar-refractivity contribution is -0.162. The molecule has 0 aliphatic heterocycles. The summed E-state index contributed by atoms with van der Waals surface area (Å²) in [6.07, 6.45) is 4.98. The van der Waals surface area contributed by atoms with Gasteiger partial charge in [0, 0.05) is 19.8 Å². The van der Waals surface area contributed by atoms with E-state index in [4.69, 9.17) is 4.74 Å². The number of hydrogen-bond acceptors (Lipinski definition) is 4. The number of sulfonamides is 1. The highest BCUT2D eigenvalue weighted by atomic mass is 32.2. The maximum absolute atomic E-state index is 11.2. The number of carbonyl (C=O) groups is 1. The normalized spacial score (nSPS) is 20.9. The first kappa shape index (κ1) is 12.4. The quantitative estimate of drug-likeness (QED) is 0.579. The van der Waals surface area contributed by atoms with Crippen LogP contribution in [-0.2, 0) is 19.6 Å². The van der Waals surface area contributed by atoms with Crippen LogP contribution in [0.3, 0.4) is 0 Å². The summed E-state index contributed by atoms with van der Waals surface area (Å²) in [5, 5.41) is 0. The van der Waals surface area contributed by atoms with E-state index in [2.05, 4.69) is 4.72 Å². The van der Waals surface area contributed by atoms with Gasteiger partial charge in [-0.05, 0) is 12.8 Å². The third kappa shape index (κ3) is 4.17. The fraction of sp³-hybridized carbons (Fsp3) is 0.889. The zero-order valence-electron chi connectivity index (χ0n) is 9.08. The topological polar surface area (TPSA) is 72.5 Å². The number of carbonyl (C=O) groups excluding carboxylic acids is 1. The van der Waals surface area contributed by atoms with Gasteiger partial charge in [-0.1, -0.05) is 6.42 Å². The van der Waals surface area contributed by atoms with Crippen molar-refractivity contribution in [1.29, 1.82) is 0 Å². The molecule has 0 aromatic heterocycles. The number of esters is 1. The molecule has 0 bridgehead atoms. The second-order valence-corrected chi connectivity index (χ2v) is 5.77. The van der Waals surface area contributed by atoms with Crippen LogP contribution >= 0.6 is 0 Å². The predicted octanol–water partition coefficient (Wildman–Crippen LogP) is 0.759. The highest BCUT2D eigenvalue weighted by Gasteiger charge is 2.37. The molecule has 0 heterocycles. The second-order valence-electron chi connectivity index (χ2n) is 4.02. The van der Waals surface area contributed by atoms with Gasteiger partial charge in [0.2, 0.25) is 10.0 Å². The van der Waals surface area contributed by atoms with E-state index in [0.717, 1.165) is 25.5 Å². The molecule has 0 aromatic rings. The molecule has 0 spiro atoms. The average Bonchev–Trinajstić information content (AvgIpc) is 1.99. The fourth-order valence-electron chi connectivity index (χ4n) is 1.96. The van der Waals surface area contributed by atoms with Crippen LogP contribution in [0.5, 0.6) is 0 Å². The van der Waals surface area contributed by atoms with Gasteiger partial charge in [-0.3, -0.25) is 4.79 Å². The van der Waals surface area contributed by atoms with Crippen LogP contribution < -0.4 is 4.72 Å². The van der Waals surface area contributed by atoms with Crippen molar-refractivity contribution in [1.82, 2.24) is 4.72 Å². The molecule has 1 N–H and O–H groups in total. The SMILES string of the molecule is CC(=O)OC1(NS(C)(=O)=O)CCCCC1. The highest BCUT2D eigenvalue weighted by molar-refractivity contribution is 7.88. The Bertz CT molecular complexity index is 330. The summed E-state index contributed by atoms with van der Waals surface area (Å²) in [6, 6.07) is 0. The minimum atomic E-state index is -3.36. The first-order chi connectivity index (χ1) is 6.83. The smallest absolute Gasteiger partial charge is 0.304 e. The van der Waals surface area contributed by atoms with E-state index >= 15 is 0 Å². The average molecular weight is 235 g/mol. The van der Waals surface area contributed by atoms with Gasteiger partial charge >= 0.3 is 5.97 Å². The van der Waals surface area contributed by atoms with Gasteiger partial charge in [-0.15, -0.1) is 0 Å². The summed E-state index contributed by atoms with van der Waals surface area (Å²) in [7, 11) is -3.36. The van der Waals surface area contributed by atoms with Gasteiger partial charge in [-0.2, -0.15) is 4.72 Å². The summed E-state index contributed by atoms with van der Waals surface area (Å²) in [6.45, 7) is 1.29. The van der Waals surface area contributed by atoms with Gasteiger partial charge in [0.05, 0.1) is 6.26 Å². The second kappa shape index (κ2) is 4.49. The number of ether oxygens (including phenoxy) is 1. The van der Waals surface area contributed by atoms with Gasteiger partial charge in [0.1, 0.15) is 0 Å². The molecule has 6 heteroatoms. The molecule has 88 valence electrons. The van der Waals surface area contributed by atoms with Crippen LogP contribution in [0.15, 0.2) is 0 Å². The fourth-order valence-corrected chi connectivity index (χ4v) is 2.88. The highest BCUT2D eigenvalue weighted by Crippen LogP contribution is 2.29. The maximum Gasteiger partial charge on any atom is 0.304 e. The molecule has 1 aliphatic rings. The molecular weight excluding hydrogens is 218 g/mol. The summed E-state index contributed by atoms with van der Waals surface area (Å²) in [5.41, 5.74) is -1.00. The molecule has 0 amide bonds. The lowest BCUT2D eigenvalue weighted by Gasteiger charge is -2.36. The van der Waals surface area contributed by atoms with Crippen molar-refractivity contribution in [3.8, 4) is 0 Å². The molecule has 0 atom stereocenters. The maximum atomic E-state index is 11.2. The molecule has 1 fully saturated rings. The minimum Gasteiger partial charge on any atom is -0.443 e. The van der Waals surface area contributed by atoms with Crippen LogP contribution in [0.25, 0.3) is 0 Å². The summed E-state index contributed by atoms with van der Waals surface area (Å²) < 4.78 is 29.9. The number of rotatable bonds is 3. The zero-order valence-corrected chi connectivity index (χ0v) is 9.89. The molecule has 5 nitrogen and oxygen atoms in total. The van der Waals surface area contributed by atoms with Gasteiger partial charge < -0.3 is 4.74 Å². The summed E-state index contributed by atoms with van der Waals surface area (Å²) in [4.78, 5) is 10.9. The molecule has 1 rings (SSSR count). The van der Waals surface area contributed by atoms with Crippen LogP contribution in [0.1, 0.15) is 39.0 Å². The number of nitrogens with one attached hydrogen (secondary N) is 1. The van der Waals surface area contributed by atoms with Crippen molar-refractivity contribution in [3.05, 3.63) is 0 Å². The Morgan fingerprint density at radius 3 is 2.20 bits per heavy atom. The molecule has 0 radical (unpaired) electrons. The van der Waals surface area contributed by atoms with E-state index in [0.29, 0.717) is 12.8 Å². The van der Waals surface area contributed by atoms with E-state index < -0.39 is 21.7 Å². The molecule has 15 heavy (non-hydrogen) atoms. The zero-order chi connectivity index (χ0) is 11.5. The van der Waals surface area contributed by atoms with Gasteiger partial charge in [0.25, 0.3) is 0 Å². The Morgan fingerprint density at radius 2 is 1.80 bits per heavy atom. The van der Waals surface area contributed by atoms with E-state index in [1.54, 1.807) is 0 Å². The lowest BCUT2D eigenvalue weighted by atomic mass is 9.92. The van der Waals surface area contributed by atoms with Crippen molar-refractivity contribution in [3.63, 3.8) is 0 Å². The van der Waals surface area contributed by atoms with Crippen LogP contribution in [0, 0.1) is 0 Å². The minimum absolute atomic E-state index is 0.451. The van der Waals surface area contributed by atoms with E-state index in [-0.39, 0.29) is 0 Å². The molecule has 0 unspecified atom stereocenters. The summed E-state index contributed by atoms with van der Waals surface area (Å²) in [5.74, 6) is -0.451. The van der Waals surface area contributed by atoms with E-state index in [9.17, 15) is 13.2 Å². The largest absolute Gasteiger partial charge is 0.443 e. The summed E-state index contributed by atoms with van der Waals surface area (Å²) >= 11 is 0. The predicted molar refractivity (Wildman–Crippen MR) is 55.6 cm³/mol. The molecular formula is C9H17NO4S.